The molecular formula is C11H13NO3S. The smallest absolute Gasteiger partial charge is 0.241 e. The Kier molecular flexibility index (Phi) is 2.71. The molecule has 0 N–H and O–H groups in total. The van der Waals surface area contributed by atoms with Crippen molar-refractivity contribution in [2.45, 2.75) is 19.8 Å². The lowest BCUT2D eigenvalue weighted by atomic mass is 10.0. The van der Waals surface area contributed by atoms with E-state index < -0.39 is 10.0 Å². The highest BCUT2D eigenvalue weighted by atomic mass is 32.2. The second-order valence-corrected chi connectivity index (χ2v) is 5.79. The number of amides is 1. The molecule has 1 aromatic carbocycles. The molecule has 1 heterocycles. The van der Waals surface area contributed by atoms with Crippen molar-refractivity contribution < 1.29 is 13.2 Å². The molecule has 0 aliphatic carbocycles. The second kappa shape index (κ2) is 3.90. The summed E-state index contributed by atoms with van der Waals surface area (Å²) in [6.07, 6.45) is 0.876. The van der Waals surface area contributed by atoms with E-state index >= 15 is 0 Å². The Bertz CT molecular complexity index is 522. The Morgan fingerprint density at radius 3 is 2.62 bits per heavy atom. The van der Waals surface area contributed by atoms with Crippen LogP contribution in [0.3, 0.4) is 0 Å². The molecule has 1 aliphatic heterocycles. The fourth-order valence-corrected chi connectivity index (χ4v) is 2.97. The Morgan fingerprint density at radius 1 is 1.25 bits per heavy atom. The van der Waals surface area contributed by atoms with Crippen molar-refractivity contribution in [2.75, 3.05) is 10.1 Å². The number of para-hydroxylation sites is 1. The average Bonchev–Trinajstić information content (AvgIpc) is 2.28. The van der Waals surface area contributed by atoms with Crippen molar-refractivity contribution >= 4 is 21.6 Å². The minimum Gasteiger partial charge on any atom is -0.273 e. The monoisotopic (exact) mass is 239 g/mol. The van der Waals surface area contributed by atoms with Crippen molar-refractivity contribution in [3.63, 3.8) is 0 Å². The largest absolute Gasteiger partial charge is 0.273 e. The summed E-state index contributed by atoms with van der Waals surface area (Å²) in [5.41, 5.74) is 1.43. The summed E-state index contributed by atoms with van der Waals surface area (Å²) in [7, 11) is -3.50. The summed E-state index contributed by atoms with van der Waals surface area (Å²) in [5.74, 6) is -0.395. The van der Waals surface area contributed by atoms with Crippen LogP contribution >= 0.6 is 0 Å². The van der Waals surface area contributed by atoms with E-state index in [-0.39, 0.29) is 18.1 Å². The zero-order valence-electron chi connectivity index (χ0n) is 9.01. The molecule has 1 aliphatic rings. The van der Waals surface area contributed by atoms with E-state index in [0.29, 0.717) is 12.1 Å². The Hall–Kier alpha value is -1.36. The standard InChI is InChI=1S/C11H13NO3S/c1-2-16(14,15)12-10-6-4-3-5-9(10)7-8-11(12)13/h3-6H,2,7-8H2,1H3. The predicted molar refractivity (Wildman–Crippen MR) is 61.7 cm³/mol. The molecule has 0 bridgehead atoms. The lowest BCUT2D eigenvalue weighted by Crippen LogP contribution is -2.41. The summed E-state index contributed by atoms with van der Waals surface area (Å²) >= 11 is 0. The Morgan fingerprint density at radius 2 is 1.94 bits per heavy atom. The molecule has 0 fully saturated rings. The lowest BCUT2D eigenvalue weighted by molar-refractivity contribution is -0.117. The Balaban J connectivity index is 2.58. The lowest BCUT2D eigenvalue weighted by Gasteiger charge is -2.28. The predicted octanol–water partition coefficient (Wildman–Crippen LogP) is 1.32. The minimum atomic E-state index is -3.50. The van der Waals surface area contributed by atoms with E-state index in [9.17, 15) is 13.2 Å². The van der Waals surface area contributed by atoms with Crippen molar-refractivity contribution in [3.05, 3.63) is 29.8 Å². The van der Waals surface area contributed by atoms with Gasteiger partial charge in [-0.05, 0) is 25.0 Å². The van der Waals surface area contributed by atoms with Gasteiger partial charge >= 0.3 is 0 Å². The summed E-state index contributed by atoms with van der Waals surface area (Å²) < 4.78 is 24.6. The minimum absolute atomic E-state index is 0.0624. The maximum Gasteiger partial charge on any atom is 0.241 e. The van der Waals surface area contributed by atoms with Crippen LogP contribution < -0.4 is 4.31 Å². The first-order valence-corrected chi connectivity index (χ1v) is 6.81. The number of aryl methyl sites for hydroxylation is 1. The number of benzene rings is 1. The first-order chi connectivity index (χ1) is 7.56. The van der Waals surface area contributed by atoms with Crippen LogP contribution in [-0.4, -0.2) is 20.1 Å². The van der Waals surface area contributed by atoms with E-state index in [1.165, 1.54) is 0 Å². The maximum atomic E-state index is 11.8. The van der Waals surface area contributed by atoms with Crippen LogP contribution in [0.4, 0.5) is 5.69 Å². The van der Waals surface area contributed by atoms with Crippen LogP contribution in [0.2, 0.25) is 0 Å². The van der Waals surface area contributed by atoms with Crippen molar-refractivity contribution in [1.82, 2.24) is 0 Å². The highest BCUT2D eigenvalue weighted by Gasteiger charge is 2.32. The third-order valence-electron chi connectivity index (χ3n) is 2.69. The number of hydrogen-bond acceptors (Lipinski definition) is 3. The number of carbonyl (C=O) groups is 1. The van der Waals surface area contributed by atoms with E-state index in [2.05, 4.69) is 0 Å². The van der Waals surface area contributed by atoms with E-state index in [1.54, 1.807) is 19.1 Å². The third kappa shape index (κ3) is 1.71. The van der Waals surface area contributed by atoms with E-state index in [0.717, 1.165) is 9.87 Å². The van der Waals surface area contributed by atoms with Crippen LogP contribution in [0, 0.1) is 0 Å². The van der Waals surface area contributed by atoms with Crippen molar-refractivity contribution in [1.29, 1.82) is 0 Å². The number of anilines is 1. The van der Waals surface area contributed by atoms with Gasteiger partial charge in [-0.1, -0.05) is 18.2 Å². The van der Waals surface area contributed by atoms with Gasteiger partial charge in [0, 0.05) is 6.42 Å². The molecular weight excluding hydrogens is 226 g/mol. The first-order valence-electron chi connectivity index (χ1n) is 5.20. The van der Waals surface area contributed by atoms with Crippen LogP contribution in [0.1, 0.15) is 18.9 Å². The fraction of sp³-hybridized carbons (Fsp3) is 0.364. The average molecular weight is 239 g/mol. The number of nitrogens with zero attached hydrogens (tertiary/aromatic N) is 1. The normalized spacial score (nSPS) is 16.1. The quantitative estimate of drug-likeness (QED) is 0.782. The molecule has 0 unspecified atom stereocenters. The molecule has 0 atom stereocenters. The molecule has 16 heavy (non-hydrogen) atoms. The third-order valence-corrected chi connectivity index (χ3v) is 4.37. The van der Waals surface area contributed by atoms with Crippen molar-refractivity contribution in [2.24, 2.45) is 0 Å². The molecule has 5 heteroatoms. The maximum absolute atomic E-state index is 11.8. The molecule has 1 amide bonds. The summed E-state index contributed by atoms with van der Waals surface area (Å²) in [6.45, 7) is 1.54. The number of sulfonamides is 1. The molecule has 0 saturated carbocycles. The van der Waals surface area contributed by atoms with Gasteiger partial charge in [0.05, 0.1) is 11.4 Å². The van der Waals surface area contributed by atoms with Gasteiger partial charge in [-0.15, -0.1) is 0 Å². The topological polar surface area (TPSA) is 54.5 Å². The van der Waals surface area contributed by atoms with Gasteiger partial charge in [0.1, 0.15) is 0 Å². The Labute approximate surface area is 94.9 Å². The highest BCUT2D eigenvalue weighted by molar-refractivity contribution is 7.93. The van der Waals surface area contributed by atoms with Gasteiger partial charge in [0.15, 0.2) is 0 Å². The van der Waals surface area contributed by atoms with Gasteiger partial charge in [-0.2, -0.15) is 0 Å². The highest BCUT2D eigenvalue weighted by Crippen LogP contribution is 2.29. The van der Waals surface area contributed by atoms with Gasteiger partial charge in [-0.3, -0.25) is 4.79 Å². The van der Waals surface area contributed by atoms with Gasteiger partial charge in [0.25, 0.3) is 0 Å². The molecule has 0 spiro atoms. The number of carbonyl (C=O) groups excluding carboxylic acids is 1. The number of rotatable bonds is 2. The molecule has 86 valence electrons. The molecule has 0 radical (unpaired) electrons. The van der Waals surface area contributed by atoms with Gasteiger partial charge < -0.3 is 0 Å². The SMILES string of the molecule is CCS(=O)(=O)N1C(=O)CCc2ccccc21. The van der Waals surface area contributed by atoms with Gasteiger partial charge in [0.2, 0.25) is 15.9 Å². The zero-order chi connectivity index (χ0) is 11.8. The van der Waals surface area contributed by atoms with E-state index in [4.69, 9.17) is 0 Å². The first kappa shape index (κ1) is 11.1. The van der Waals surface area contributed by atoms with Crippen LogP contribution in [-0.2, 0) is 21.2 Å². The van der Waals surface area contributed by atoms with Crippen LogP contribution in [0.25, 0.3) is 0 Å². The fourth-order valence-electron chi connectivity index (χ4n) is 1.83. The number of hydrogen-bond donors (Lipinski definition) is 0. The molecule has 1 aromatic rings. The van der Waals surface area contributed by atoms with Gasteiger partial charge in [-0.25, -0.2) is 12.7 Å². The molecule has 2 rings (SSSR count). The summed E-state index contributed by atoms with van der Waals surface area (Å²) in [4.78, 5) is 11.7. The number of fused-ring (bicyclic) bond motifs is 1. The zero-order valence-corrected chi connectivity index (χ0v) is 9.83. The molecule has 4 nitrogen and oxygen atoms in total. The molecule has 0 saturated heterocycles. The van der Waals surface area contributed by atoms with Crippen LogP contribution in [0.15, 0.2) is 24.3 Å². The second-order valence-electron chi connectivity index (χ2n) is 3.69. The summed E-state index contributed by atoms with van der Waals surface area (Å²) in [5, 5.41) is 0. The van der Waals surface area contributed by atoms with Crippen LogP contribution in [0.5, 0.6) is 0 Å². The summed E-state index contributed by atoms with van der Waals surface area (Å²) in [6, 6.07) is 7.14. The molecule has 0 aromatic heterocycles. The van der Waals surface area contributed by atoms with E-state index in [1.807, 2.05) is 12.1 Å². The van der Waals surface area contributed by atoms with Crippen molar-refractivity contribution in [3.8, 4) is 0 Å².